The quantitative estimate of drug-likeness (QED) is 0.338. The molecule has 0 spiro atoms. The van der Waals surface area contributed by atoms with Crippen LogP contribution in [0, 0.1) is 11.7 Å². The van der Waals surface area contributed by atoms with E-state index in [1.54, 1.807) is 24.3 Å². The van der Waals surface area contributed by atoms with Crippen molar-refractivity contribution in [3.63, 3.8) is 0 Å². The fraction of sp³-hybridized carbons (Fsp3) is 0.323. The number of fused-ring (bicyclic) bond motifs is 1. The molecule has 6 heteroatoms. The van der Waals surface area contributed by atoms with Gasteiger partial charge in [-0.25, -0.2) is 9.18 Å². The Bertz CT molecular complexity index is 1330. The fourth-order valence-corrected chi connectivity index (χ4v) is 5.82. The second-order valence-electron chi connectivity index (χ2n) is 10.1. The van der Waals surface area contributed by atoms with Crippen LogP contribution in [-0.4, -0.2) is 42.3 Å². The molecule has 0 atom stereocenters. The van der Waals surface area contributed by atoms with Gasteiger partial charge in [0, 0.05) is 19.6 Å². The highest BCUT2D eigenvalue weighted by Crippen LogP contribution is 2.41. The van der Waals surface area contributed by atoms with Crippen molar-refractivity contribution in [1.29, 1.82) is 0 Å². The molecule has 0 amide bonds. The summed E-state index contributed by atoms with van der Waals surface area (Å²) in [7, 11) is 0. The molecule has 3 aromatic rings. The van der Waals surface area contributed by atoms with Gasteiger partial charge in [0.25, 0.3) is 0 Å². The lowest BCUT2D eigenvalue weighted by atomic mass is 9.86. The third kappa shape index (κ3) is 5.63. The maximum Gasteiger partial charge on any atom is 0.335 e. The number of carbonyl (C=O) groups is 1. The molecule has 0 radical (unpaired) electrons. The van der Waals surface area contributed by atoms with Crippen LogP contribution in [-0.2, 0) is 12.8 Å². The molecule has 0 aromatic heterocycles. The van der Waals surface area contributed by atoms with E-state index in [2.05, 4.69) is 29.2 Å². The van der Waals surface area contributed by atoms with Crippen LogP contribution in [0.1, 0.15) is 57.4 Å². The summed E-state index contributed by atoms with van der Waals surface area (Å²) in [4.78, 5) is 13.9. The number of hydrogen-bond acceptors (Lipinski definition) is 2. The van der Waals surface area contributed by atoms with Gasteiger partial charge in [-0.2, -0.15) is 0 Å². The fourth-order valence-electron chi connectivity index (χ4n) is 5.64. The van der Waals surface area contributed by atoms with Crippen molar-refractivity contribution in [1.82, 2.24) is 4.90 Å². The van der Waals surface area contributed by atoms with E-state index in [-0.39, 0.29) is 17.3 Å². The van der Waals surface area contributed by atoms with E-state index in [4.69, 9.17) is 11.6 Å². The summed E-state index contributed by atoms with van der Waals surface area (Å²) in [5, 5.41) is 9.62. The lowest BCUT2D eigenvalue weighted by Crippen LogP contribution is -2.47. The Hall–Kier alpha value is -3.02. The molecule has 37 heavy (non-hydrogen) atoms. The van der Waals surface area contributed by atoms with E-state index in [0.717, 1.165) is 78.7 Å². The minimum Gasteiger partial charge on any atom is -0.478 e. The third-order valence-electron chi connectivity index (χ3n) is 7.47. The van der Waals surface area contributed by atoms with Crippen LogP contribution in [0.15, 0.2) is 60.7 Å². The van der Waals surface area contributed by atoms with Crippen LogP contribution < -0.4 is 0 Å². The van der Waals surface area contributed by atoms with Crippen molar-refractivity contribution in [2.75, 3.05) is 26.3 Å². The first-order valence-corrected chi connectivity index (χ1v) is 13.2. The summed E-state index contributed by atoms with van der Waals surface area (Å²) in [6, 6.07) is 18.8. The number of aryl methyl sites for hydroxylation is 1. The minimum absolute atomic E-state index is 0.0893. The number of allylic oxidation sites excluding steroid dienone is 1. The summed E-state index contributed by atoms with van der Waals surface area (Å²) >= 11 is 6.17. The number of rotatable bonds is 8. The van der Waals surface area contributed by atoms with Crippen molar-refractivity contribution in [2.24, 2.45) is 5.92 Å². The lowest BCUT2D eigenvalue weighted by Gasteiger charge is -2.39. The van der Waals surface area contributed by atoms with Crippen LogP contribution in [0.25, 0.3) is 11.1 Å². The van der Waals surface area contributed by atoms with Gasteiger partial charge in [0.2, 0.25) is 0 Å². The monoisotopic (exact) mass is 521 g/mol. The second-order valence-corrected chi connectivity index (χ2v) is 10.5. The maximum atomic E-state index is 14.0. The molecule has 3 nitrogen and oxygen atoms in total. The topological polar surface area (TPSA) is 40.5 Å². The highest BCUT2D eigenvalue weighted by molar-refractivity contribution is 6.31. The number of nitrogens with zero attached hydrogens (tertiary/aromatic N) is 1. The predicted molar refractivity (Wildman–Crippen MR) is 144 cm³/mol. The normalized spacial score (nSPS) is 16.3. The first kappa shape index (κ1) is 25.6. The number of benzene rings is 3. The highest BCUT2D eigenvalue weighted by Gasteiger charge is 2.26. The number of carboxylic acids is 1. The van der Waals surface area contributed by atoms with Gasteiger partial charge < -0.3 is 10.0 Å². The van der Waals surface area contributed by atoms with Gasteiger partial charge in [-0.05, 0) is 101 Å². The zero-order valence-electron chi connectivity index (χ0n) is 20.7. The first-order valence-electron chi connectivity index (χ1n) is 12.9. The van der Waals surface area contributed by atoms with Crippen molar-refractivity contribution in [3.05, 3.63) is 105 Å². The van der Waals surface area contributed by atoms with Crippen molar-refractivity contribution >= 4 is 28.7 Å². The SMILES string of the molecule is O=C(O)c1ccc2c(c1)CCCC(c1ccc(F)c(Cl)c1)=C2c1ccc(CC2CN(CCCF)C2)cc1. The summed E-state index contributed by atoms with van der Waals surface area (Å²) in [5.74, 6) is -0.794. The number of likely N-dealkylation sites (tertiary alicyclic amines) is 1. The van der Waals surface area contributed by atoms with E-state index < -0.39 is 11.8 Å². The van der Waals surface area contributed by atoms with Gasteiger partial charge in [0.05, 0.1) is 17.3 Å². The van der Waals surface area contributed by atoms with E-state index in [9.17, 15) is 18.7 Å². The molecule has 192 valence electrons. The Balaban J connectivity index is 1.50. The summed E-state index contributed by atoms with van der Waals surface area (Å²) in [6.07, 6.45) is 3.98. The zero-order valence-corrected chi connectivity index (χ0v) is 21.4. The van der Waals surface area contributed by atoms with E-state index in [1.165, 1.54) is 11.6 Å². The van der Waals surface area contributed by atoms with Gasteiger partial charge in [-0.1, -0.05) is 48.0 Å². The van der Waals surface area contributed by atoms with Crippen molar-refractivity contribution < 1.29 is 18.7 Å². The summed E-state index contributed by atoms with van der Waals surface area (Å²) in [5.41, 5.74) is 7.60. The van der Waals surface area contributed by atoms with Gasteiger partial charge in [-0.3, -0.25) is 4.39 Å². The average molecular weight is 522 g/mol. The van der Waals surface area contributed by atoms with Crippen LogP contribution in [0.4, 0.5) is 8.78 Å². The molecule has 5 rings (SSSR count). The van der Waals surface area contributed by atoms with E-state index in [1.807, 2.05) is 6.07 Å². The number of aromatic carboxylic acids is 1. The predicted octanol–water partition coefficient (Wildman–Crippen LogP) is 7.31. The second kappa shape index (κ2) is 11.2. The molecule has 1 aliphatic heterocycles. The molecule has 3 aromatic carbocycles. The number of hydrogen-bond donors (Lipinski definition) is 1. The van der Waals surface area contributed by atoms with Crippen LogP contribution >= 0.6 is 11.6 Å². The Morgan fingerprint density at radius 1 is 1.00 bits per heavy atom. The Morgan fingerprint density at radius 3 is 2.46 bits per heavy atom. The van der Waals surface area contributed by atoms with E-state index >= 15 is 0 Å². The molecule has 0 bridgehead atoms. The van der Waals surface area contributed by atoms with Gasteiger partial charge in [0.15, 0.2) is 0 Å². The van der Waals surface area contributed by atoms with Gasteiger partial charge in [-0.15, -0.1) is 0 Å². The Morgan fingerprint density at radius 2 is 1.76 bits per heavy atom. The van der Waals surface area contributed by atoms with Crippen LogP contribution in [0.2, 0.25) is 5.02 Å². The lowest BCUT2D eigenvalue weighted by molar-refractivity contribution is 0.0696. The molecule has 1 aliphatic carbocycles. The Kier molecular flexibility index (Phi) is 7.73. The highest BCUT2D eigenvalue weighted by atomic mass is 35.5. The molecule has 0 saturated carbocycles. The molecule has 1 N–H and O–H groups in total. The van der Waals surface area contributed by atoms with Gasteiger partial charge in [0.1, 0.15) is 5.82 Å². The molecule has 1 saturated heterocycles. The standard InChI is InChI=1S/C31H30ClF2NO2/c32-28-17-24(10-12-29(28)34)26-4-1-3-23-16-25(31(36)37)9-11-27(23)30(26)22-7-5-20(6-8-22)15-21-18-35(19-21)14-2-13-33/h5-12,16-17,21H,1-4,13-15,18-19H2,(H,36,37). The molecule has 2 aliphatic rings. The molecule has 1 fully saturated rings. The van der Waals surface area contributed by atoms with Gasteiger partial charge >= 0.3 is 5.97 Å². The third-order valence-corrected chi connectivity index (χ3v) is 7.76. The molecular formula is C31H30ClF2NO2. The largest absolute Gasteiger partial charge is 0.478 e. The Labute approximate surface area is 221 Å². The molecule has 0 unspecified atom stereocenters. The summed E-state index contributed by atoms with van der Waals surface area (Å²) < 4.78 is 26.4. The zero-order chi connectivity index (χ0) is 25.9. The van der Waals surface area contributed by atoms with E-state index in [0.29, 0.717) is 12.3 Å². The smallest absolute Gasteiger partial charge is 0.335 e. The number of halogens is 3. The molecule has 1 heterocycles. The molecular weight excluding hydrogens is 492 g/mol. The first-order chi connectivity index (χ1) is 17.9. The average Bonchev–Trinajstić information content (AvgIpc) is 3.06. The number of alkyl halides is 1. The minimum atomic E-state index is -0.938. The number of carboxylic acid groups (broad SMARTS) is 1. The van der Waals surface area contributed by atoms with Crippen molar-refractivity contribution in [2.45, 2.75) is 32.1 Å². The maximum absolute atomic E-state index is 14.0. The summed E-state index contributed by atoms with van der Waals surface area (Å²) in [6.45, 7) is 2.61. The van der Waals surface area contributed by atoms with Crippen LogP contribution in [0.3, 0.4) is 0 Å². The van der Waals surface area contributed by atoms with Crippen LogP contribution in [0.5, 0.6) is 0 Å². The van der Waals surface area contributed by atoms with Crippen molar-refractivity contribution in [3.8, 4) is 0 Å².